The fourth-order valence-corrected chi connectivity index (χ4v) is 9.82. The fraction of sp³-hybridized carbons (Fsp3) is 0.500. The lowest BCUT2D eigenvalue weighted by Gasteiger charge is -2.37. The zero-order chi connectivity index (χ0) is 38.7. The molecule has 2 aromatic rings. The molecule has 0 saturated carbocycles. The molecule has 2 fully saturated rings. The van der Waals surface area contributed by atoms with E-state index in [1.165, 1.54) is 39.1 Å². The Balaban J connectivity index is 0.000000221. The Hall–Kier alpha value is -4.23. The van der Waals surface area contributed by atoms with Crippen LogP contribution in [0.3, 0.4) is 0 Å². The summed E-state index contributed by atoms with van der Waals surface area (Å²) in [5.74, 6) is -1.52. The van der Waals surface area contributed by atoms with Crippen molar-refractivity contribution in [3.05, 3.63) is 77.6 Å². The van der Waals surface area contributed by atoms with Gasteiger partial charge in [-0.05, 0) is 35.3 Å². The smallest absolute Gasteiger partial charge is 0.353 e. The van der Waals surface area contributed by atoms with E-state index in [0.717, 1.165) is 16.7 Å². The number of piperidine rings is 2. The van der Waals surface area contributed by atoms with Gasteiger partial charge in [0.05, 0.1) is 5.75 Å². The molecule has 7 rings (SSSR count). The van der Waals surface area contributed by atoms with Crippen molar-refractivity contribution in [3.8, 4) is 0 Å². The van der Waals surface area contributed by atoms with Crippen molar-refractivity contribution < 1.29 is 45.6 Å². The van der Waals surface area contributed by atoms with Crippen molar-refractivity contribution in [2.75, 3.05) is 53.4 Å². The predicted molar refractivity (Wildman–Crippen MR) is 198 cm³/mol. The van der Waals surface area contributed by atoms with Crippen LogP contribution < -0.4 is 0 Å². The molecule has 1 N–H and O–H groups in total. The molecular formula is C36H45FN6O9S2. The first kappa shape index (κ1) is 39.5. The Morgan fingerprint density at radius 2 is 1.37 bits per heavy atom. The van der Waals surface area contributed by atoms with Crippen molar-refractivity contribution in [1.29, 1.82) is 0 Å². The number of carbonyl (C=O) groups excluding carboxylic acids is 1. The van der Waals surface area contributed by atoms with Crippen LogP contribution in [0.25, 0.3) is 5.57 Å². The lowest BCUT2D eigenvalue weighted by molar-refractivity contribution is -0.129. The molecule has 2 aromatic carbocycles. The maximum atomic E-state index is 13.2. The number of aliphatic carboxylic acids is 1. The van der Waals surface area contributed by atoms with Crippen molar-refractivity contribution in [3.63, 3.8) is 0 Å². The van der Waals surface area contributed by atoms with Crippen LogP contribution in [-0.2, 0) is 45.2 Å². The number of hydrogen-bond donors (Lipinski definition) is 1. The summed E-state index contributed by atoms with van der Waals surface area (Å²) in [5.41, 5.74) is 1.96. The number of amides is 1. The second kappa shape index (κ2) is 15.9. The fourth-order valence-electron chi connectivity index (χ4n) is 7.17. The largest absolute Gasteiger partial charge is 0.477 e. The summed E-state index contributed by atoms with van der Waals surface area (Å²) < 4.78 is 66.8. The van der Waals surface area contributed by atoms with E-state index in [4.69, 9.17) is 14.8 Å². The van der Waals surface area contributed by atoms with Gasteiger partial charge in [0.25, 0.3) is 16.1 Å². The number of benzene rings is 2. The van der Waals surface area contributed by atoms with Gasteiger partial charge in [0.1, 0.15) is 22.7 Å². The molecule has 54 heavy (non-hydrogen) atoms. The van der Waals surface area contributed by atoms with E-state index in [1.807, 2.05) is 36.4 Å². The highest BCUT2D eigenvalue weighted by molar-refractivity contribution is 7.88. The van der Waals surface area contributed by atoms with E-state index in [-0.39, 0.29) is 29.6 Å². The number of oxime groups is 2. The lowest BCUT2D eigenvalue weighted by Crippen LogP contribution is -2.50. The molecule has 5 aliphatic rings. The Bertz CT molecular complexity index is 2020. The molecule has 0 bridgehead atoms. The summed E-state index contributed by atoms with van der Waals surface area (Å²) in [5, 5.41) is 16.6. The number of carboxylic acids is 1. The summed E-state index contributed by atoms with van der Waals surface area (Å²) in [6.45, 7) is 2.33. The second-order valence-electron chi connectivity index (χ2n) is 14.4. The zero-order valence-electron chi connectivity index (χ0n) is 30.3. The highest BCUT2D eigenvalue weighted by Crippen LogP contribution is 2.37. The second-order valence-corrected chi connectivity index (χ2v) is 18.5. The Kier molecular flexibility index (Phi) is 11.6. The normalized spacial score (nSPS) is 21.4. The number of carbonyl (C=O) groups is 2. The van der Waals surface area contributed by atoms with Gasteiger partial charge in [-0.1, -0.05) is 58.9 Å². The van der Waals surface area contributed by atoms with Crippen LogP contribution in [0.2, 0.25) is 0 Å². The Labute approximate surface area is 314 Å². The van der Waals surface area contributed by atoms with Gasteiger partial charge in [-0.3, -0.25) is 4.79 Å². The Morgan fingerprint density at radius 3 is 1.89 bits per heavy atom. The van der Waals surface area contributed by atoms with Crippen LogP contribution in [0, 0.1) is 5.82 Å². The summed E-state index contributed by atoms with van der Waals surface area (Å²) >= 11 is 0. The molecular weight excluding hydrogens is 744 g/mol. The van der Waals surface area contributed by atoms with Crippen LogP contribution in [0.5, 0.6) is 0 Å². The van der Waals surface area contributed by atoms with Gasteiger partial charge < -0.3 is 19.7 Å². The summed E-state index contributed by atoms with van der Waals surface area (Å²) in [6, 6.07) is 15.5. The van der Waals surface area contributed by atoms with Gasteiger partial charge in [0.2, 0.25) is 10.0 Å². The number of sulfonamides is 1. The maximum Gasteiger partial charge on any atom is 0.353 e. The van der Waals surface area contributed by atoms with Gasteiger partial charge in [-0.25, -0.2) is 21.9 Å². The Morgan fingerprint density at radius 1 is 0.815 bits per heavy atom. The molecule has 0 aromatic heterocycles. The summed E-state index contributed by atoms with van der Waals surface area (Å²) in [4.78, 5) is 36.6. The van der Waals surface area contributed by atoms with E-state index in [2.05, 4.69) is 10.3 Å². The average molecular weight is 789 g/mol. The van der Waals surface area contributed by atoms with Crippen molar-refractivity contribution in [1.82, 2.24) is 17.8 Å². The number of rotatable bonds is 8. The third-order valence-electron chi connectivity index (χ3n) is 10.5. The third-order valence-corrected chi connectivity index (χ3v) is 14.3. The highest BCUT2D eigenvalue weighted by Gasteiger charge is 2.47. The van der Waals surface area contributed by atoms with Crippen molar-refractivity contribution in [2.45, 2.75) is 61.9 Å². The zero-order valence-corrected chi connectivity index (χ0v) is 31.9. The van der Waals surface area contributed by atoms with E-state index < -0.39 is 37.4 Å². The molecule has 2 saturated heterocycles. The number of carboxylic acid groups (broad SMARTS) is 1. The monoisotopic (exact) mass is 788 g/mol. The van der Waals surface area contributed by atoms with Gasteiger partial charge in [0.15, 0.2) is 5.71 Å². The minimum Gasteiger partial charge on any atom is -0.477 e. The standard InChI is InChI=1S/C26H28FN3O4S.C10H17N3O5S/c27-23-8-6-21(7-9-23)22-10-14-29(15-11-22)25(31)24-18-26(34-28-24)12-16-30(17-13-26)35(32,33)19-20-4-2-1-3-5-20;1-12(2)19(16,17)13-5-3-10(4-6-13)7-8(9(14)15)11-18-10/h1-10H,11-19H2;3-7H2,1-2H3,(H,14,15). The first-order valence-corrected chi connectivity index (χ1v) is 20.8. The molecule has 0 unspecified atom stereocenters. The highest BCUT2D eigenvalue weighted by atomic mass is 32.2. The van der Waals surface area contributed by atoms with Crippen LogP contribution in [-0.4, -0.2) is 128 Å². The van der Waals surface area contributed by atoms with Crippen molar-refractivity contribution >= 4 is 49.1 Å². The van der Waals surface area contributed by atoms with E-state index in [9.17, 15) is 30.8 Å². The summed E-state index contributed by atoms with van der Waals surface area (Å²) in [6.07, 6.45) is 5.19. The predicted octanol–water partition coefficient (Wildman–Crippen LogP) is 3.07. The molecule has 292 valence electrons. The number of hydrogen-bond acceptors (Lipinski definition) is 10. The van der Waals surface area contributed by atoms with Crippen LogP contribution in [0.4, 0.5) is 4.39 Å². The van der Waals surface area contributed by atoms with E-state index in [0.29, 0.717) is 83.5 Å². The minimum absolute atomic E-state index is 0.00363. The molecule has 0 aliphatic carbocycles. The number of nitrogens with zero attached hydrogens (tertiary/aromatic N) is 6. The molecule has 0 atom stereocenters. The van der Waals surface area contributed by atoms with Crippen LogP contribution in [0.1, 0.15) is 56.1 Å². The average Bonchev–Trinajstić information content (AvgIpc) is 3.77. The first-order chi connectivity index (χ1) is 25.6. The van der Waals surface area contributed by atoms with Crippen molar-refractivity contribution in [2.24, 2.45) is 10.3 Å². The van der Waals surface area contributed by atoms with Gasteiger partial charge in [0, 0.05) is 91.9 Å². The van der Waals surface area contributed by atoms with Gasteiger partial charge >= 0.3 is 5.97 Å². The number of halogens is 1. The van der Waals surface area contributed by atoms with Crippen LogP contribution in [0.15, 0.2) is 71.0 Å². The van der Waals surface area contributed by atoms with E-state index in [1.54, 1.807) is 17.0 Å². The molecule has 2 spiro atoms. The summed E-state index contributed by atoms with van der Waals surface area (Å²) in [7, 11) is -3.87. The van der Waals surface area contributed by atoms with Crippen LogP contribution >= 0.6 is 0 Å². The topological polar surface area (TPSA) is 179 Å². The molecule has 18 heteroatoms. The first-order valence-electron chi connectivity index (χ1n) is 17.8. The van der Waals surface area contributed by atoms with E-state index >= 15 is 0 Å². The molecule has 15 nitrogen and oxygen atoms in total. The quantitative estimate of drug-likeness (QED) is 0.421. The molecule has 5 aliphatic heterocycles. The minimum atomic E-state index is -3.42. The van der Waals surface area contributed by atoms with Gasteiger partial charge in [-0.15, -0.1) is 0 Å². The molecule has 0 radical (unpaired) electrons. The third kappa shape index (κ3) is 8.83. The lowest BCUT2D eigenvalue weighted by atomic mass is 9.87. The molecule has 5 heterocycles. The SMILES string of the molecule is CN(C)S(=O)(=O)N1CCC2(CC1)CC(C(=O)O)=NO2.O=C(C1=NOC2(CCN(S(=O)(=O)Cc3ccccc3)CC2)C1)N1CC=C(c2ccc(F)cc2)CC1. The van der Waals surface area contributed by atoms with Gasteiger partial charge in [-0.2, -0.15) is 17.0 Å². The maximum absolute atomic E-state index is 13.2. The molecule has 1 amide bonds.